The molecule has 0 aliphatic carbocycles. The maximum Gasteiger partial charge on any atom is 0.0991 e. The van der Waals surface area contributed by atoms with Crippen molar-refractivity contribution in [2.45, 2.75) is 0 Å². The standard InChI is InChI=1S/C18H14N2/c1-20-17(12-16-4-2-3-5-18(16)20)11-10-14-6-8-15(13-19)9-7-14/h2-12H,1H3/b11-10+. The lowest BCUT2D eigenvalue weighted by Crippen LogP contribution is -1.89. The first-order chi connectivity index (χ1) is 9.78. The number of hydrogen-bond acceptors (Lipinski definition) is 1. The topological polar surface area (TPSA) is 28.7 Å². The molecule has 0 spiro atoms. The van der Waals surface area contributed by atoms with Crippen LogP contribution in [0.2, 0.25) is 0 Å². The average molecular weight is 258 g/mol. The van der Waals surface area contributed by atoms with E-state index in [0.29, 0.717) is 5.56 Å². The van der Waals surface area contributed by atoms with Crippen molar-refractivity contribution in [3.05, 3.63) is 71.4 Å². The zero-order valence-electron chi connectivity index (χ0n) is 11.2. The molecule has 0 bridgehead atoms. The van der Waals surface area contributed by atoms with Gasteiger partial charge < -0.3 is 4.57 Å². The van der Waals surface area contributed by atoms with E-state index in [-0.39, 0.29) is 0 Å². The minimum absolute atomic E-state index is 0.687. The molecule has 0 saturated heterocycles. The van der Waals surface area contributed by atoms with Gasteiger partial charge in [-0.25, -0.2) is 0 Å². The number of rotatable bonds is 2. The van der Waals surface area contributed by atoms with Gasteiger partial charge in [0.25, 0.3) is 0 Å². The normalized spacial score (nSPS) is 11.0. The molecule has 2 aromatic carbocycles. The first-order valence-electron chi connectivity index (χ1n) is 6.50. The zero-order chi connectivity index (χ0) is 13.9. The number of fused-ring (bicyclic) bond motifs is 1. The van der Waals surface area contributed by atoms with Gasteiger partial charge in [0.05, 0.1) is 11.6 Å². The van der Waals surface area contributed by atoms with Crippen molar-refractivity contribution in [1.82, 2.24) is 4.57 Å². The SMILES string of the molecule is Cn1c(/C=C/c2ccc(C#N)cc2)cc2ccccc21. The molecule has 0 atom stereocenters. The maximum absolute atomic E-state index is 8.78. The van der Waals surface area contributed by atoms with E-state index in [1.165, 1.54) is 10.9 Å². The van der Waals surface area contributed by atoms with E-state index >= 15 is 0 Å². The molecule has 1 heterocycles. The fourth-order valence-corrected chi connectivity index (χ4v) is 2.32. The second-order valence-corrected chi connectivity index (χ2v) is 4.75. The molecule has 1 aromatic heterocycles. The Balaban J connectivity index is 1.94. The van der Waals surface area contributed by atoms with Gasteiger partial charge in [-0.05, 0) is 35.9 Å². The number of aryl methyl sites for hydroxylation is 1. The highest BCUT2D eigenvalue weighted by molar-refractivity contribution is 5.85. The molecule has 0 aliphatic rings. The van der Waals surface area contributed by atoms with E-state index in [1.54, 1.807) is 0 Å². The van der Waals surface area contributed by atoms with Crippen molar-refractivity contribution in [2.75, 3.05) is 0 Å². The Kier molecular flexibility index (Phi) is 3.10. The Morgan fingerprint density at radius 1 is 1.00 bits per heavy atom. The van der Waals surface area contributed by atoms with Crippen molar-refractivity contribution < 1.29 is 0 Å². The van der Waals surface area contributed by atoms with E-state index in [1.807, 2.05) is 24.3 Å². The van der Waals surface area contributed by atoms with Gasteiger partial charge in [-0.15, -0.1) is 0 Å². The van der Waals surface area contributed by atoms with Crippen LogP contribution in [-0.4, -0.2) is 4.57 Å². The van der Waals surface area contributed by atoms with Gasteiger partial charge in [0.1, 0.15) is 0 Å². The lowest BCUT2D eigenvalue weighted by atomic mass is 10.1. The fourth-order valence-electron chi connectivity index (χ4n) is 2.32. The summed E-state index contributed by atoms with van der Waals surface area (Å²) in [6, 6.07) is 20.2. The summed E-state index contributed by atoms with van der Waals surface area (Å²) in [6.45, 7) is 0. The smallest absolute Gasteiger partial charge is 0.0991 e. The number of hydrogen-bond donors (Lipinski definition) is 0. The van der Waals surface area contributed by atoms with Crippen LogP contribution in [0, 0.1) is 11.3 Å². The van der Waals surface area contributed by atoms with Gasteiger partial charge in [0.15, 0.2) is 0 Å². The van der Waals surface area contributed by atoms with Gasteiger partial charge in [-0.2, -0.15) is 5.26 Å². The summed E-state index contributed by atoms with van der Waals surface area (Å²) in [4.78, 5) is 0. The second-order valence-electron chi connectivity index (χ2n) is 4.75. The third-order valence-electron chi connectivity index (χ3n) is 3.48. The minimum Gasteiger partial charge on any atom is -0.344 e. The molecule has 0 N–H and O–H groups in total. The zero-order valence-corrected chi connectivity index (χ0v) is 11.2. The molecule has 0 amide bonds. The number of benzene rings is 2. The second kappa shape index (κ2) is 5.07. The summed E-state index contributed by atoms with van der Waals surface area (Å²) in [5.74, 6) is 0. The van der Waals surface area contributed by atoms with Crippen LogP contribution in [0.15, 0.2) is 54.6 Å². The van der Waals surface area contributed by atoms with Gasteiger partial charge in [-0.3, -0.25) is 0 Å². The molecule has 0 aliphatic heterocycles. The van der Waals surface area contributed by atoms with Crippen LogP contribution in [0.1, 0.15) is 16.8 Å². The van der Waals surface area contributed by atoms with Crippen molar-refractivity contribution in [2.24, 2.45) is 7.05 Å². The molecule has 20 heavy (non-hydrogen) atoms. The van der Waals surface area contributed by atoms with Crippen LogP contribution in [0.3, 0.4) is 0 Å². The number of nitrogens with zero attached hydrogens (tertiary/aromatic N) is 2. The van der Waals surface area contributed by atoms with E-state index in [2.05, 4.69) is 60.2 Å². The Hall–Kier alpha value is -2.79. The van der Waals surface area contributed by atoms with Crippen LogP contribution in [0.4, 0.5) is 0 Å². The molecule has 0 radical (unpaired) electrons. The largest absolute Gasteiger partial charge is 0.344 e. The molecule has 2 nitrogen and oxygen atoms in total. The van der Waals surface area contributed by atoms with E-state index in [4.69, 9.17) is 5.26 Å². The molecule has 0 unspecified atom stereocenters. The summed E-state index contributed by atoms with van der Waals surface area (Å²) in [6.07, 6.45) is 4.16. The monoisotopic (exact) mass is 258 g/mol. The van der Waals surface area contributed by atoms with Gasteiger partial charge in [0, 0.05) is 23.6 Å². The molecule has 0 fully saturated rings. The molecule has 3 rings (SSSR count). The van der Waals surface area contributed by atoms with Crippen LogP contribution in [0.5, 0.6) is 0 Å². The van der Waals surface area contributed by atoms with Gasteiger partial charge >= 0.3 is 0 Å². The first-order valence-corrected chi connectivity index (χ1v) is 6.50. The van der Waals surface area contributed by atoms with Crippen LogP contribution in [-0.2, 0) is 7.05 Å². The summed E-state index contributed by atoms with van der Waals surface area (Å²) < 4.78 is 2.18. The Morgan fingerprint density at radius 3 is 2.45 bits per heavy atom. The molecule has 2 heteroatoms. The number of aromatic nitrogens is 1. The van der Waals surface area contributed by atoms with Crippen LogP contribution >= 0.6 is 0 Å². The summed E-state index contributed by atoms with van der Waals surface area (Å²) in [5, 5.41) is 10.0. The van der Waals surface area contributed by atoms with Gasteiger partial charge in [-0.1, -0.05) is 36.4 Å². The average Bonchev–Trinajstić information content (AvgIpc) is 2.83. The predicted octanol–water partition coefficient (Wildman–Crippen LogP) is 4.22. The van der Waals surface area contributed by atoms with Crippen molar-refractivity contribution >= 4 is 23.1 Å². The van der Waals surface area contributed by atoms with E-state index in [0.717, 1.165) is 11.3 Å². The Morgan fingerprint density at radius 2 is 1.75 bits per heavy atom. The quantitative estimate of drug-likeness (QED) is 0.676. The number of nitriles is 1. The summed E-state index contributed by atoms with van der Waals surface area (Å²) in [5.41, 5.74) is 4.17. The predicted molar refractivity (Wildman–Crippen MR) is 83.0 cm³/mol. The molecular formula is C18H14N2. The summed E-state index contributed by atoms with van der Waals surface area (Å²) in [7, 11) is 2.07. The van der Waals surface area contributed by atoms with Crippen molar-refractivity contribution in [3.63, 3.8) is 0 Å². The van der Waals surface area contributed by atoms with Crippen molar-refractivity contribution in [1.29, 1.82) is 5.26 Å². The fraction of sp³-hybridized carbons (Fsp3) is 0.0556. The third-order valence-corrected chi connectivity index (χ3v) is 3.48. The number of para-hydroxylation sites is 1. The highest BCUT2D eigenvalue weighted by atomic mass is 14.9. The highest BCUT2D eigenvalue weighted by Crippen LogP contribution is 2.20. The van der Waals surface area contributed by atoms with Crippen LogP contribution < -0.4 is 0 Å². The minimum atomic E-state index is 0.687. The van der Waals surface area contributed by atoms with E-state index < -0.39 is 0 Å². The molecule has 0 saturated carbocycles. The van der Waals surface area contributed by atoms with Crippen LogP contribution in [0.25, 0.3) is 23.1 Å². The Labute approximate surface area is 118 Å². The molecule has 96 valence electrons. The molecular weight excluding hydrogens is 244 g/mol. The third kappa shape index (κ3) is 2.22. The lowest BCUT2D eigenvalue weighted by Gasteiger charge is -1.99. The summed E-state index contributed by atoms with van der Waals surface area (Å²) >= 11 is 0. The lowest BCUT2D eigenvalue weighted by molar-refractivity contribution is 0.955. The highest BCUT2D eigenvalue weighted by Gasteiger charge is 2.01. The van der Waals surface area contributed by atoms with Gasteiger partial charge in [0.2, 0.25) is 0 Å². The first kappa shape index (κ1) is 12.3. The van der Waals surface area contributed by atoms with Crippen molar-refractivity contribution in [3.8, 4) is 6.07 Å². The maximum atomic E-state index is 8.78. The Bertz CT molecular complexity index is 815. The molecule has 3 aromatic rings. The van der Waals surface area contributed by atoms with E-state index in [9.17, 15) is 0 Å².